The van der Waals surface area contributed by atoms with Gasteiger partial charge in [0.05, 0.1) is 20.4 Å². The molecule has 0 aromatic heterocycles. The Labute approximate surface area is 218 Å². The molecule has 0 atom stereocenters. The summed E-state index contributed by atoms with van der Waals surface area (Å²) in [5.41, 5.74) is 2.05. The Morgan fingerprint density at radius 2 is 0.943 bits per heavy atom. The van der Waals surface area contributed by atoms with E-state index in [9.17, 15) is 0 Å². The van der Waals surface area contributed by atoms with Crippen molar-refractivity contribution in [2.45, 2.75) is 84.0 Å². The van der Waals surface area contributed by atoms with Crippen LogP contribution in [0.25, 0.3) is 11.5 Å². The molecule has 0 bridgehead atoms. The van der Waals surface area contributed by atoms with Gasteiger partial charge >= 0.3 is 8.80 Å². The van der Waals surface area contributed by atoms with Gasteiger partial charge < -0.3 is 13.0 Å². The molecule has 0 fully saturated rings. The average molecular weight is 543 g/mol. The molecule has 0 aliphatic carbocycles. The number of benzene rings is 2. The third-order valence-corrected chi connectivity index (χ3v) is 30.0. The van der Waals surface area contributed by atoms with Crippen molar-refractivity contribution in [1.82, 2.24) is 0 Å². The first-order chi connectivity index (χ1) is 15.9. The van der Waals surface area contributed by atoms with Crippen LogP contribution in [-0.4, -0.2) is 33.3 Å². The van der Waals surface area contributed by atoms with Crippen molar-refractivity contribution < 1.29 is 13.0 Å². The van der Waals surface area contributed by atoms with Crippen molar-refractivity contribution in [1.29, 1.82) is 0 Å². The Bertz CT molecular complexity index is 966. The zero-order chi connectivity index (χ0) is 26.5. The predicted octanol–water partition coefficient (Wildman–Crippen LogP) is 8.89. The average Bonchev–Trinajstić information content (AvgIpc) is 3.04. The molecule has 0 spiro atoms. The SMILES string of the molecule is CC(C)(C)C([Si](C)(C)C)([Si](C)(C)C)[Si]1(O[Si](C)(C)C)OC(c2ccccc2)=C(c2ccccc2)O1. The normalized spacial score (nSPS) is 17.3. The summed E-state index contributed by atoms with van der Waals surface area (Å²) in [6, 6.07) is 20.9. The number of hydrogen-bond acceptors (Lipinski definition) is 3. The first-order valence-corrected chi connectivity index (χ1v) is 24.9. The molecular weight excluding hydrogens is 497 g/mol. The molecule has 0 radical (unpaired) electrons. The maximum absolute atomic E-state index is 7.40. The van der Waals surface area contributed by atoms with Crippen molar-refractivity contribution in [3.63, 3.8) is 0 Å². The van der Waals surface area contributed by atoms with Gasteiger partial charge in [0.15, 0.2) is 19.8 Å². The Balaban J connectivity index is 2.43. The standard InChI is InChI=1S/C28H46O3Si4/c1-27(2,3)28(32(4,5)6,33(7,8)9)35(31-34(10,11)12)29-25(23-19-15-13-16-20-23)26(30-35)24-21-17-14-18-22-24/h13-22H,1-12H3. The zero-order valence-electron chi connectivity index (χ0n) is 24.0. The van der Waals surface area contributed by atoms with E-state index in [-0.39, 0.29) is 9.70 Å². The fraction of sp³-hybridized carbons (Fsp3) is 0.500. The smallest absolute Gasteiger partial charge is 0.488 e. The van der Waals surface area contributed by atoms with Gasteiger partial charge in [-0.1, -0.05) is 121 Å². The van der Waals surface area contributed by atoms with Crippen LogP contribution in [0.3, 0.4) is 0 Å². The predicted molar refractivity (Wildman–Crippen MR) is 161 cm³/mol. The van der Waals surface area contributed by atoms with Gasteiger partial charge in [0.1, 0.15) is 0 Å². The molecule has 0 N–H and O–H groups in total. The Kier molecular flexibility index (Phi) is 7.38. The van der Waals surface area contributed by atoms with Crippen LogP contribution in [0.15, 0.2) is 60.7 Å². The lowest BCUT2D eigenvalue weighted by Crippen LogP contribution is -2.77. The van der Waals surface area contributed by atoms with Gasteiger partial charge in [-0.3, -0.25) is 0 Å². The van der Waals surface area contributed by atoms with Gasteiger partial charge in [-0.2, -0.15) is 0 Å². The van der Waals surface area contributed by atoms with Gasteiger partial charge in [0.25, 0.3) is 0 Å². The van der Waals surface area contributed by atoms with Crippen LogP contribution in [0.5, 0.6) is 0 Å². The molecule has 1 aliphatic rings. The highest BCUT2D eigenvalue weighted by atomic mass is 28.5. The summed E-state index contributed by atoms with van der Waals surface area (Å²) in [6.45, 7) is 29.1. The Morgan fingerprint density at radius 1 is 0.600 bits per heavy atom. The second kappa shape index (κ2) is 9.17. The minimum atomic E-state index is -3.33. The lowest BCUT2D eigenvalue weighted by atomic mass is 9.99. The summed E-state index contributed by atoms with van der Waals surface area (Å²) in [7, 11) is -9.33. The maximum atomic E-state index is 7.40. The summed E-state index contributed by atoms with van der Waals surface area (Å²) in [4.78, 5) is 0. The molecule has 35 heavy (non-hydrogen) atoms. The van der Waals surface area contributed by atoms with Crippen LogP contribution in [-0.2, 0) is 13.0 Å². The summed E-state index contributed by atoms with van der Waals surface area (Å²) >= 11 is 0. The number of rotatable bonds is 7. The second-order valence-corrected chi connectivity index (χ2v) is 33.2. The third kappa shape index (κ3) is 4.94. The number of hydrogen-bond donors (Lipinski definition) is 0. The molecule has 0 saturated carbocycles. The van der Waals surface area contributed by atoms with Gasteiger partial charge in [-0.25, -0.2) is 0 Å². The molecule has 3 nitrogen and oxygen atoms in total. The molecule has 2 aromatic carbocycles. The maximum Gasteiger partial charge on any atom is 0.623 e. The zero-order valence-corrected chi connectivity index (χ0v) is 28.0. The fourth-order valence-electron chi connectivity index (χ4n) is 7.37. The van der Waals surface area contributed by atoms with Crippen molar-refractivity contribution >= 4 is 44.8 Å². The molecule has 192 valence electrons. The molecule has 1 heterocycles. The van der Waals surface area contributed by atoms with E-state index in [0.717, 1.165) is 22.6 Å². The van der Waals surface area contributed by atoms with E-state index in [1.54, 1.807) is 0 Å². The lowest BCUT2D eigenvalue weighted by molar-refractivity contribution is 0.199. The van der Waals surface area contributed by atoms with Gasteiger partial charge in [-0.05, 0) is 25.1 Å². The molecule has 3 rings (SSSR count). The van der Waals surface area contributed by atoms with E-state index < -0.39 is 33.3 Å². The van der Waals surface area contributed by atoms with E-state index in [1.165, 1.54) is 0 Å². The van der Waals surface area contributed by atoms with Crippen LogP contribution in [0, 0.1) is 5.41 Å². The van der Waals surface area contributed by atoms with Crippen molar-refractivity contribution in [2.75, 3.05) is 0 Å². The van der Waals surface area contributed by atoms with Crippen LogP contribution in [0.2, 0.25) is 63.2 Å². The minimum absolute atomic E-state index is 0.0538. The van der Waals surface area contributed by atoms with Crippen LogP contribution in [0.1, 0.15) is 31.9 Å². The summed E-state index contributed by atoms with van der Waals surface area (Å²) < 4.78 is 22.1. The Morgan fingerprint density at radius 3 is 1.20 bits per heavy atom. The molecule has 7 heteroatoms. The lowest BCUT2D eigenvalue weighted by Gasteiger charge is -2.62. The van der Waals surface area contributed by atoms with Crippen LogP contribution < -0.4 is 0 Å². The second-order valence-electron chi connectivity index (χ2n) is 13.9. The topological polar surface area (TPSA) is 27.7 Å². The fourth-order valence-corrected chi connectivity index (χ4v) is 36.1. The first-order valence-electron chi connectivity index (χ1n) is 12.8. The van der Waals surface area contributed by atoms with Crippen molar-refractivity contribution in [3.05, 3.63) is 71.8 Å². The van der Waals surface area contributed by atoms with Gasteiger partial charge in [-0.15, -0.1) is 0 Å². The van der Waals surface area contributed by atoms with Crippen LogP contribution in [0.4, 0.5) is 0 Å². The minimum Gasteiger partial charge on any atom is -0.488 e. The van der Waals surface area contributed by atoms with Gasteiger partial charge in [0, 0.05) is 11.1 Å². The van der Waals surface area contributed by atoms with Crippen molar-refractivity contribution in [3.8, 4) is 0 Å². The highest BCUT2D eigenvalue weighted by Crippen LogP contribution is 2.68. The first kappa shape index (κ1) is 28.2. The molecule has 0 amide bonds. The van der Waals surface area contributed by atoms with E-state index in [4.69, 9.17) is 13.0 Å². The Hall–Kier alpha value is -1.39. The highest BCUT2D eigenvalue weighted by Gasteiger charge is 2.81. The van der Waals surface area contributed by atoms with Crippen LogP contribution >= 0.6 is 0 Å². The molecule has 1 aliphatic heterocycles. The van der Waals surface area contributed by atoms with E-state index in [2.05, 4.69) is 140 Å². The van der Waals surface area contributed by atoms with Gasteiger partial charge in [0.2, 0.25) is 0 Å². The molecule has 0 saturated heterocycles. The molecular formula is C28H46O3Si4. The van der Waals surface area contributed by atoms with E-state index >= 15 is 0 Å². The third-order valence-electron chi connectivity index (χ3n) is 7.03. The molecule has 0 unspecified atom stereocenters. The molecule has 2 aromatic rings. The quantitative estimate of drug-likeness (QED) is 0.327. The monoisotopic (exact) mass is 542 g/mol. The van der Waals surface area contributed by atoms with E-state index in [0.29, 0.717) is 0 Å². The van der Waals surface area contributed by atoms with E-state index in [1.807, 2.05) is 0 Å². The highest BCUT2D eigenvalue weighted by molar-refractivity contribution is 7.13. The summed E-state index contributed by atoms with van der Waals surface area (Å²) in [6.07, 6.45) is 0. The largest absolute Gasteiger partial charge is 0.623 e. The van der Waals surface area contributed by atoms with Crippen molar-refractivity contribution in [2.24, 2.45) is 5.41 Å². The summed E-state index contributed by atoms with van der Waals surface area (Å²) in [5.74, 6) is 1.68. The summed E-state index contributed by atoms with van der Waals surface area (Å²) in [5, 5.41) is 0.